The maximum Gasteiger partial charge on any atom is 0.220 e. The first-order chi connectivity index (χ1) is 10.5. The summed E-state index contributed by atoms with van der Waals surface area (Å²) in [5.74, 6) is -0.154. The van der Waals surface area contributed by atoms with Crippen LogP contribution in [0.25, 0.3) is 0 Å². The molecule has 0 saturated carbocycles. The minimum absolute atomic E-state index is 0.0158. The van der Waals surface area contributed by atoms with Crippen molar-refractivity contribution in [3.63, 3.8) is 0 Å². The van der Waals surface area contributed by atoms with Crippen LogP contribution in [-0.2, 0) is 11.3 Å². The van der Waals surface area contributed by atoms with Crippen molar-refractivity contribution < 1.29 is 9.59 Å². The van der Waals surface area contributed by atoms with Crippen LogP contribution in [0.1, 0.15) is 34.3 Å². The summed E-state index contributed by atoms with van der Waals surface area (Å²) in [6.07, 6.45) is 0.401. The molecule has 0 saturated heterocycles. The smallest absolute Gasteiger partial charge is 0.220 e. The van der Waals surface area contributed by atoms with Crippen LogP contribution >= 0.6 is 11.6 Å². The molecular weight excluding hydrogens is 298 g/mol. The third-order valence-electron chi connectivity index (χ3n) is 3.33. The third-order valence-corrected chi connectivity index (χ3v) is 3.57. The quantitative estimate of drug-likeness (QED) is 0.821. The van der Waals surface area contributed by atoms with Gasteiger partial charge in [-0.05, 0) is 24.6 Å². The van der Waals surface area contributed by atoms with Crippen LogP contribution in [0.4, 0.5) is 0 Å². The minimum Gasteiger partial charge on any atom is -0.352 e. The first-order valence-corrected chi connectivity index (χ1v) is 7.53. The molecule has 0 aliphatic carbocycles. The lowest BCUT2D eigenvalue weighted by Gasteiger charge is -2.06. The Hall–Kier alpha value is -2.13. The zero-order valence-electron chi connectivity index (χ0n) is 12.4. The molecule has 0 aromatic heterocycles. The van der Waals surface area contributed by atoms with Crippen molar-refractivity contribution in [1.29, 1.82) is 0 Å². The average Bonchev–Trinajstić information content (AvgIpc) is 2.51. The van der Waals surface area contributed by atoms with Gasteiger partial charge >= 0.3 is 0 Å². The van der Waals surface area contributed by atoms with Gasteiger partial charge in [-0.1, -0.05) is 53.6 Å². The lowest BCUT2D eigenvalue weighted by atomic mass is 10.0. The van der Waals surface area contributed by atoms with Gasteiger partial charge in [0.05, 0.1) is 0 Å². The molecule has 0 unspecified atom stereocenters. The van der Waals surface area contributed by atoms with E-state index in [9.17, 15) is 9.59 Å². The van der Waals surface area contributed by atoms with E-state index in [0.29, 0.717) is 17.1 Å². The molecule has 2 rings (SSSR count). The first kappa shape index (κ1) is 16.2. The van der Waals surface area contributed by atoms with Crippen molar-refractivity contribution in [3.8, 4) is 0 Å². The van der Waals surface area contributed by atoms with Crippen LogP contribution in [0, 0.1) is 6.92 Å². The van der Waals surface area contributed by atoms with Crippen molar-refractivity contribution in [2.75, 3.05) is 0 Å². The summed E-state index contributed by atoms with van der Waals surface area (Å²) in [7, 11) is 0. The summed E-state index contributed by atoms with van der Waals surface area (Å²) in [5.41, 5.74) is 2.69. The highest BCUT2D eigenvalue weighted by molar-refractivity contribution is 6.30. The van der Waals surface area contributed by atoms with Crippen LogP contribution in [0.5, 0.6) is 0 Å². The molecule has 114 valence electrons. The number of amides is 1. The second-order valence-corrected chi connectivity index (χ2v) is 5.63. The number of rotatable bonds is 6. The fourth-order valence-electron chi connectivity index (χ4n) is 2.05. The molecule has 0 heterocycles. The average molecular weight is 316 g/mol. The number of carbonyl (C=O) groups is 2. The van der Waals surface area contributed by atoms with Gasteiger partial charge in [0.15, 0.2) is 5.78 Å². The molecule has 2 aromatic carbocycles. The van der Waals surface area contributed by atoms with Gasteiger partial charge in [0.1, 0.15) is 0 Å². The fraction of sp³-hybridized carbons (Fsp3) is 0.222. The van der Waals surface area contributed by atoms with E-state index < -0.39 is 0 Å². The van der Waals surface area contributed by atoms with E-state index in [4.69, 9.17) is 11.6 Å². The Bertz CT molecular complexity index is 665. The number of benzene rings is 2. The van der Waals surface area contributed by atoms with E-state index in [0.717, 1.165) is 11.1 Å². The predicted molar refractivity (Wildman–Crippen MR) is 88.0 cm³/mol. The zero-order valence-corrected chi connectivity index (χ0v) is 13.2. The minimum atomic E-state index is -0.138. The molecule has 0 fully saturated rings. The Labute approximate surface area is 135 Å². The van der Waals surface area contributed by atoms with E-state index in [2.05, 4.69) is 5.32 Å². The molecule has 0 spiro atoms. The summed E-state index contributed by atoms with van der Waals surface area (Å²) < 4.78 is 0. The Kier molecular flexibility index (Phi) is 5.73. The third kappa shape index (κ3) is 5.01. The zero-order chi connectivity index (χ0) is 15.9. The van der Waals surface area contributed by atoms with E-state index in [1.165, 1.54) is 0 Å². The highest BCUT2D eigenvalue weighted by atomic mass is 35.5. The highest BCUT2D eigenvalue weighted by Crippen LogP contribution is 2.11. The number of ketones is 1. The van der Waals surface area contributed by atoms with Crippen LogP contribution in [-0.4, -0.2) is 11.7 Å². The topological polar surface area (TPSA) is 46.2 Å². The van der Waals surface area contributed by atoms with Crippen molar-refractivity contribution in [3.05, 3.63) is 70.2 Å². The molecule has 0 bridgehead atoms. The fourth-order valence-corrected chi connectivity index (χ4v) is 2.26. The number of aryl methyl sites for hydroxylation is 1. The molecule has 0 radical (unpaired) electrons. The summed E-state index contributed by atoms with van der Waals surface area (Å²) in [5, 5.41) is 3.43. The maximum absolute atomic E-state index is 12.0. The van der Waals surface area contributed by atoms with Gasteiger partial charge in [0, 0.05) is 30.0 Å². The summed E-state index contributed by atoms with van der Waals surface area (Å²) in [4.78, 5) is 23.8. The standard InChI is InChI=1S/C18H18ClNO2/c1-13-5-7-15(8-6-13)17(21)9-10-18(22)20-12-14-3-2-4-16(19)11-14/h2-8,11H,9-10,12H2,1H3,(H,20,22). The number of nitrogens with one attached hydrogen (secondary N) is 1. The lowest BCUT2D eigenvalue weighted by Crippen LogP contribution is -2.23. The van der Waals surface area contributed by atoms with E-state index in [-0.39, 0.29) is 24.5 Å². The van der Waals surface area contributed by atoms with Gasteiger partial charge in [-0.25, -0.2) is 0 Å². The monoisotopic (exact) mass is 315 g/mol. The number of hydrogen-bond acceptors (Lipinski definition) is 2. The SMILES string of the molecule is Cc1ccc(C(=O)CCC(=O)NCc2cccc(Cl)c2)cc1. The van der Waals surface area contributed by atoms with E-state index in [1.807, 2.05) is 31.2 Å². The van der Waals surface area contributed by atoms with Gasteiger partial charge in [-0.2, -0.15) is 0 Å². The number of halogens is 1. The molecule has 0 aliphatic rings. The van der Waals surface area contributed by atoms with Gasteiger partial charge in [-0.3, -0.25) is 9.59 Å². The van der Waals surface area contributed by atoms with Gasteiger partial charge in [0.2, 0.25) is 5.91 Å². The van der Waals surface area contributed by atoms with Crippen molar-refractivity contribution >= 4 is 23.3 Å². The van der Waals surface area contributed by atoms with Gasteiger partial charge in [-0.15, -0.1) is 0 Å². The van der Waals surface area contributed by atoms with E-state index in [1.54, 1.807) is 24.3 Å². The molecule has 4 heteroatoms. The molecule has 22 heavy (non-hydrogen) atoms. The number of Topliss-reactive ketones (excluding diaryl/α,β-unsaturated/α-hetero) is 1. The predicted octanol–water partition coefficient (Wildman–Crippen LogP) is 3.93. The normalized spacial score (nSPS) is 10.3. The summed E-state index contributed by atoms with van der Waals surface area (Å²) in [6, 6.07) is 14.7. The molecule has 2 aromatic rings. The van der Waals surface area contributed by atoms with Gasteiger partial charge < -0.3 is 5.32 Å². The molecule has 1 N–H and O–H groups in total. The Morgan fingerprint density at radius 1 is 1.05 bits per heavy atom. The molecule has 3 nitrogen and oxygen atoms in total. The Morgan fingerprint density at radius 3 is 2.45 bits per heavy atom. The largest absolute Gasteiger partial charge is 0.352 e. The highest BCUT2D eigenvalue weighted by Gasteiger charge is 2.09. The first-order valence-electron chi connectivity index (χ1n) is 7.15. The number of carbonyl (C=O) groups excluding carboxylic acids is 2. The Morgan fingerprint density at radius 2 is 1.77 bits per heavy atom. The molecule has 0 atom stereocenters. The summed E-state index contributed by atoms with van der Waals surface area (Å²) >= 11 is 5.88. The van der Waals surface area contributed by atoms with E-state index >= 15 is 0 Å². The summed E-state index contributed by atoms with van der Waals surface area (Å²) in [6.45, 7) is 2.38. The van der Waals surface area contributed by atoms with Crippen molar-refractivity contribution in [2.24, 2.45) is 0 Å². The number of hydrogen-bond donors (Lipinski definition) is 1. The molecule has 1 amide bonds. The second kappa shape index (κ2) is 7.76. The van der Waals surface area contributed by atoms with Crippen LogP contribution in [0.2, 0.25) is 5.02 Å². The van der Waals surface area contributed by atoms with Crippen LogP contribution < -0.4 is 5.32 Å². The maximum atomic E-state index is 12.0. The Balaban J connectivity index is 1.78. The molecule has 0 aliphatic heterocycles. The molecular formula is C18H18ClNO2. The van der Waals surface area contributed by atoms with Crippen LogP contribution in [0.15, 0.2) is 48.5 Å². The lowest BCUT2D eigenvalue weighted by molar-refractivity contribution is -0.121. The van der Waals surface area contributed by atoms with Crippen molar-refractivity contribution in [2.45, 2.75) is 26.3 Å². The second-order valence-electron chi connectivity index (χ2n) is 5.20. The van der Waals surface area contributed by atoms with Gasteiger partial charge in [0.25, 0.3) is 0 Å². The van der Waals surface area contributed by atoms with Crippen LogP contribution in [0.3, 0.4) is 0 Å². The van der Waals surface area contributed by atoms with Crippen molar-refractivity contribution in [1.82, 2.24) is 5.32 Å².